The van der Waals surface area contributed by atoms with Crippen molar-refractivity contribution in [2.45, 2.75) is 25.4 Å². The normalized spacial score (nSPS) is 15.5. The van der Waals surface area contributed by atoms with Crippen molar-refractivity contribution in [2.24, 2.45) is 9.98 Å². The van der Waals surface area contributed by atoms with Crippen LogP contribution < -0.4 is 15.4 Å². The van der Waals surface area contributed by atoms with Gasteiger partial charge < -0.3 is 15.4 Å². The zero-order chi connectivity index (χ0) is 28.1. The van der Waals surface area contributed by atoms with Crippen LogP contribution in [0.5, 0.6) is 5.75 Å². The SMILES string of the molecule is COc1ccccc1NC(=O)CSC1=Nc2ccccc2C2=N[C@H](CCC(=O)NCc3ccc(F)cc3)C(=O)N12. The predicted molar refractivity (Wildman–Crippen MR) is 152 cm³/mol. The van der Waals surface area contributed by atoms with Crippen molar-refractivity contribution in [1.82, 2.24) is 10.2 Å². The van der Waals surface area contributed by atoms with Gasteiger partial charge in [0.2, 0.25) is 11.8 Å². The first-order valence-electron chi connectivity index (χ1n) is 12.6. The number of fused-ring (bicyclic) bond motifs is 3. The molecule has 40 heavy (non-hydrogen) atoms. The average Bonchev–Trinajstić information content (AvgIpc) is 3.31. The monoisotopic (exact) mass is 559 g/mol. The highest BCUT2D eigenvalue weighted by molar-refractivity contribution is 8.14. The second kappa shape index (κ2) is 12.1. The second-order valence-corrected chi connectivity index (χ2v) is 9.98. The number of amidine groups is 2. The Kier molecular flexibility index (Phi) is 8.20. The van der Waals surface area contributed by atoms with Crippen molar-refractivity contribution >= 4 is 51.9 Å². The van der Waals surface area contributed by atoms with Crippen LogP contribution >= 0.6 is 11.8 Å². The molecule has 0 fully saturated rings. The van der Waals surface area contributed by atoms with E-state index in [1.54, 1.807) is 30.3 Å². The Hall–Kier alpha value is -4.51. The number of nitrogens with one attached hydrogen (secondary N) is 2. The third kappa shape index (κ3) is 6.04. The number of methoxy groups -OCH3 is 1. The summed E-state index contributed by atoms with van der Waals surface area (Å²) in [4.78, 5) is 49.4. The molecule has 204 valence electrons. The van der Waals surface area contributed by atoms with Crippen LogP contribution in [0.1, 0.15) is 24.0 Å². The molecule has 2 aliphatic heterocycles. The number of thioether (sulfide) groups is 1. The molecule has 5 rings (SSSR count). The van der Waals surface area contributed by atoms with Crippen LogP contribution in [-0.4, -0.2) is 52.5 Å². The molecule has 0 spiro atoms. The summed E-state index contributed by atoms with van der Waals surface area (Å²) in [5, 5.41) is 5.96. The van der Waals surface area contributed by atoms with E-state index in [0.717, 1.165) is 17.3 Å². The number of hydrogen-bond acceptors (Lipinski definition) is 7. The van der Waals surface area contributed by atoms with Crippen LogP contribution in [0.15, 0.2) is 82.8 Å². The largest absolute Gasteiger partial charge is 0.495 e. The third-order valence-electron chi connectivity index (χ3n) is 6.31. The molecular weight excluding hydrogens is 533 g/mol. The minimum absolute atomic E-state index is 0.00651. The van der Waals surface area contributed by atoms with E-state index >= 15 is 0 Å². The zero-order valence-corrected chi connectivity index (χ0v) is 22.4. The number of anilines is 1. The Morgan fingerprint density at radius 1 is 1.02 bits per heavy atom. The topological polar surface area (TPSA) is 112 Å². The van der Waals surface area contributed by atoms with E-state index in [1.807, 2.05) is 30.3 Å². The van der Waals surface area contributed by atoms with Crippen LogP contribution in [0.4, 0.5) is 15.8 Å². The molecular formula is C29H26FN5O4S. The van der Waals surface area contributed by atoms with Gasteiger partial charge in [0, 0.05) is 18.5 Å². The molecule has 2 heterocycles. The minimum Gasteiger partial charge on any atom is -0.495 e. The van der Waals surface area contributed by atoms with Crippen molar-refractivity contribution in [2.75, 3.05) is 18.2 Å². The van der Waals surface area contributed by atoms with Gasteiger partial charge in [0.25, 0.3) is 5.91 Å². The number of ether oxygens (including phenoxy) is 1. The lowest BCUT2D eigenvalue weighted by atomic mass is 10.1. The summed E-state index contributed by atoms with van der Waals surface area (Å²) in [5.74, 6) is -0.155. The predicted octanol–water partition coefficient (Wildman–Crippen LogP) is 4.26. The smallest absolute Gasteiger partial charge is 0.259 e. The Bertz CT molecular complexity index is 1510. The minimum atomic E-state index is -0.758. The summed E-state index contributed by atoms with van der Waals surface area (Å²) in [6.07, 6.45) is 0.299. The standard InChI is InChI=1S/C29H26FN5O4S/c1-39-24-9-5-4-8-22(24)32-26(37)17-40-29-34-21-7-3-2-6-20(21)27-33-23(28(38)35(27)29)14-15-25(36)31-16-18-10-12-19(30)13-11-18/h2-13,23H,14-17H2,1H3,(H,31,36)(H,32,37)/t23-/m1/s1. The number of rotatable bonds is 9. The molecule has 0 saturated heterocycles. The number of halogens is 1. The molecule has 3 aromatic carbocycles. The van der Waals surface area contributed by atoms with E-state index < -0.39 is 6.04 Å². The highest BCUT2D eigenvalue weighted by Crippen LogP contribution is 2.34. The fourth-order valence-corrected chi connectivity index (χ4v) is 5.11. The zero-order valence-electron chi connectivity index (χ0n) is 21.6. The van der Waals surface area contributed by atoms with Crippen molar-refractivity contribution in [3.8, 4) is 5.75 Å². The molecule has 1 atom stereocenters. The maximum absolute atomic E-state index is 13.4. The maximum atomic E-state index is 13.4. The van der Waals surface area contributed by atoms with Crippen molar-refractivity contribution in [3.63, 3.8) is 0 Å². The quantitative estimate of drug-likeness (QED) is 0.407. The Morgan fingerprint density at radius 3 is 2.58 bits per heavy atom. The van der Waals surface area contributed by atoms with E-state index in [4.69, 9.17) is 4.74 Å². The fraction of sp³-hybridized carbons (Fsp3) is 0.207. The Morgan fingerprint density at radius 2 is 1.77 bits per heavy atom. The molecule has 0 aliphatic carbocycles. The molecule has 0 bridgehead atoms. The van der Waals surface area contributed by atoms with Gasteiger partial charge in [-0.2, -0.15) is 0 Å². The van der Waals surface area contributed by atoms with Gasteiger partial charge in [-0.15, -0.1) is 0 Å². The number of nitrogens with zero attached hydrogens (tertiary/aromatic N) is 3. The maximum Gasteiger partial charge on any atom is 0.259 e. The highest BCUT2D eigenvalue weighted by atomic mass is 32.2. The number of hydrogen-bond donors (Lipinski definition) is 2. The summed E-state index contributed by atoms with van der Waals surface area (Å²) < 4.78 is 18.4. The summed E-state index contributed by atoms with van der Waals surface area (Å²) in [5.41, 5.74) is 2.68. The number of benzene rings is 3. The summed E-state index contributed by atoms with van der Waals surface area (Å²) in [6.45, 7) is 0.260. The van der Waals surface area contributed by atoms with Gasteiger partial charge in [0.05, 0.1) is 24.2 Å². The molecule has 0 aromatic heterocycles. The van der Waals surface area contributed by atoms with Gasteiger partial charge in [0.15, 0.2) is 5.17 Å². The lowest BCUT2D eigenvalue weighted by Crippen LogP contribution is -2.41. The van der Waals surface area contributed by atoms with Crippen molar-refractivity contribution < 1.29 is 23.5 Å². The average molecular weight is 560 g/mol. The number of carbonyl (C=O) groups excluding carboxylic acids is 3. The van der Waals surface area contributed by atoms with Crippen LogP contribution in [0.2, 0.25) is 0 Å². The van der Waals surface area contributed by atoms with Gasteiger partial charge in [-0.1, -0.05) is 48.2 Å². The Labute approximate surface area is 234 Å². The van der Waals surface area contributed by atoms with Gasteiger partial charge in [-0.3, -0.25) is 19.4 Å². The molecule has 2 N–H and O–H groups in total. The van der Waals surface area contributed by atoms with Crippen LogP contribution in [-0.2, 0) is 20.9 Å². The van der Waals surface area contributed by atoms with E-state index in [9.17, 15) is 18.8 Å². The van der Waals surface area contributed by atoms with Gasteiger partial charge >= 0.3 is 0 Å². The van der Waals surface area contributed by atoms with E-state index in [2.05, 4.69) is 20.6 Å². The Balaban J connectivity index is 1.24. The molecule has 0 radical (unpaired) electrons. The fourth-order valence-electron chi connectivity index (χ4n) is 4.31. The second-order valence-electron chi connectivity index (χ2n) is 9.03. The molecule has 9 nitrogen and oxygen atoms in total. The van der Waals surface area contributed by atoms with Crippen LogP contribution in [0, 0.1) is 5.82 Å². The first kappa shape index (κ1) is 27.1. The lowest BCUT2D eigenvalue weighted by Gasteiger charge is -2.25. The van der Waals surface area contributed by atoms with E-state index in [1.165, 1.54) is 24.1 Å². The summed E-state index contributed by atoms with van der Waals surface area (Å²) >= 11 is 1.13. The summed E-state index contributed by atoms with van der Waals surface area (Å²) in [7, 11) is 1.53. The number of amides is 3. The number of para-hydroxylation sites is 3. The highest BCUT2D eigenvalue weighted by Gasteiger charge is 2.41. The van der Waals surface area contributed by atoms with Gasteiger partial charge in [0.1, 0.15) is 23.4 Å². The molecule has 2 aliphatic rings. The van der Waals surface area contributed by atoms with Crippen LogP contribution in [0.3, 0.4) is 0 Å². The molecule has 0 saturated carbocycles. The molecule has 11 heteroatoms. The van der Waals surface area contributed by atoms with E-state index in [-0.39, 0.29) is 48.7 Å². The first-order valence-corrected chi connectivity index (χ1v) is 13.6. The van der Waals surface area contributed by atoms with Crippen LogP contribution in [0.25, 0.3) is 0 Å². The van der Waals surface area contributed by atoms with Gasteiger partial charge in [-0.05, 0) is 48.4 Å². The molecule has 3 amide bonds. The van der Waals surface area contributed by atoms with Crippen molar-refractivity contribution in [1.29, 1.82) is 0 Å². The van der Waals surface area contributed by atoms with E-state index in [0.29, 0.717) is 33.7 Å². The number of carbonyl (C=O) groups is 3. The molecule has 3 aromatic rings. The molecule has 0 unspecified atom stereocenters. The first-order chi connectivity index (χ1) is 19.4. The van der Waals surface area contributed by atoms with Crippen molar-refractivity contribution in [3.05, 3.63) is 89.7 Å². The third-order valence-corrected chi connectivity index (χ3v) is 7.25. The number of aliphatic imine (C=N–C) groups is 2. The van der Waals surface area contributed by atoms with Gasteiger partial charge in [-0.25, -0.2) is 14.3 Å². The lowest BCUT2D eigenvalue weighted by molar-refractivity contribution is -0.125. The summed E-state index contributed by atoms with van der Waals surface area (Å²) in [6, 6.07) is 19.6.